The second-order valence-corrected chi connectivity index (χ2v) is 7.61. The number of ether oxygens (including phenoxy) is 1. The molecule has 1 aromatic carbocycles. The van der Waals surface area contributed by atoms with Gasteiger partial charge in [-0.1, -0.05) is 36.9 Å². The highest BCUT2D eigenvalue weighted by molar-refractivity contribution is 8.13. The summed E-state index contributed by atoms with van der Waals surface area (Å²) in [7, 11) is 1.76. The van der Waals surface area contributed by atoms with E-state index in [9.17, 15) is 0 Å². The molecule has 2 atom stereocenters. The molecular weight excluding hydrogens is 302 g/mol. The summed E-state index contributed by atoms with van der Waals surface area (Å²) in [6.45, 7) is 6.89. The van der Waals surface area contributed by atoms with Crippen molar-refractivity contribution in [2.75, 3.05) is 26.5 Å². The fourth-order valence-corrected chi connectivity index (χ4v) is 5.29. The quantitative estimate of drug-likeness (QED) is 0.757. The molecule has 1 aliphatic heterocycles. The average molecular weight is 331 g/mol. The molecule has 0 saturated heterocycles. The average Bonchev–Trinajstić information content (AvgIpc) is 2.60. The summed E-state index contributed by atoms with van der Waals surface area (Å²) >= 11 is 1.91. The normalized spacial score (nSPS) is 27.5. The van der Waals surface area contributed by atoms with E-state index in [1.54, 1.807) is 12.7 Å². The maximum atomic E-state index is 5.50. The van der Waals surface area contributed by atoms with Crippen LogP contribution in [0.15, 0.2) is 35.9 Å². The van der Waals surface area contributed by atoms with Gasteiger partial charge in [0, 0.05) is 17.4 Å². The predicted octanol–water partition coefficient (Wildman–Crippen LogP) is 4.49. The van der Waals surface area contributed by atoms with Gasteiger partial charge in [0.1, 0.15) is 18.8 Å². The molecule has 2 aliphatic rings. The summed E-state index contributed by atoms with van der Waals surface area (Å²) in [6.07, 6.45) is 8.38. The highest BCUT2D eigenvalue weighted by atomic mass is 32.2. The Bertz CT molecular complexity index is 649. The standard InChI is InChI=1S/C20H28NOS/c1-5-21-12-11-20(16-7-6-8-17(13-16)22-3)14-15(2)9-10-18(20)19(21)23-4/h6-8,10,13,15H,5,9,11-12,14H2,1-4H3/q+1/t15-,20+/m0/s1. The lowest BCUT2D eigenvalue weighted by Gasteiger charge is -2.43. The molecule has 1 aromatic rings. The highest BCUT2D eigenvalue weighted by Gasteiger charge is 2.47. The summed E-state index contributed by atoms with van der Waals surface area (Å²) in [5.74, 6) is 1.71. The van der Waals surface area contributed by atoms with E-state index in [2.05, 4.69) is 55.0 Å². The largest absolute Gasteiger partial charge is 0.497 e. The molecule has 1 aliphatic carbocycles. The van der Waals surface area contributed by atoms with Crippen molar-refractivity contribution in [2.24, 2.45) is 5.92 Å². The Labute approximate surface area is 144 Å². The van der Waals surface area contributed by atoms with E-state index in [1.807, 2.05) is 11.8 Å². The van der Waals surface area contributed by atoms with Gasteiger partial charge in [-0.2, -0.15) is 0 Å². The van der Waals surface area contributed by atoms with Crippen LogP contribution in [-0.4, -0.2) is 36.1 Å². The number of hydrogen-bond acceptors (Lipinski definition) is 2. The summed E-state index contributed by atoms with van der Waals surface area (Å²) in [4.78, 5) is 0. The molecule has 0 aromatic heterocycles. The second-order valence-electron chi connectivity index (χ2n) is 6.82. The molecule has 0 N–H and O–H groups in total. The number of hydrogen-bond donors (Lipinski definition) is 0. The van der Waals surface area contributed by atoms with Crippen LogP contribution in [-0.2, 0) is 5.41 Å². The van der Waals surface area contributed by atoms with Crippen LogP contribution in [0.2, 0.25) is 0 Å². The number of methoxy groups -OCH3 is 1. The first-order valence-electron chi connectivity index (χ1n) is 8.66. The van der Waals surface area contributed by atoms with Gasteiger partial charge in [-0.25, -0.2) is 4.58 Å². The maximum absolute atomic E-state index is 5.50. The Hall–Kier alpha value is -1.22. The van der Waals surface area contributed by atoms with E-state index >= 15 is 0 Å². The molecule has 124 valence electrons. The van der Waals surface area contributed by atoms with Gasteiger partial charge >= 0.3 is 0 Å². The van der Waals surface area contributed by atoms with Gasteiger partial charge in [0.2, 0.25) is 5.04 Å². The summed E-state index contributed by atoms with van der Waals surface area (Å²) in [6, 6.07) is 8.75. The lowest BCUT2D eigenvalue weighted by molar-refractivity contribution is -0.526. The smallest absolute Gasteiger partial charge is 0.238 e. The Balaban J connectivity index is 2.16. The minimum absolute atomic E-state index is 0.163. The van der Waals surface area contributed by atoms with Crippen molar-refractivity contribution in [2.45, 2.75) is 38.5 Å². The predicted molar refractivity (Wildman–Crippen MR) is 100.0 cm³/mol. The molecule has 3 rings (SSSR count). The van der Waals surface area contributed by atoms with Crippen LogP contribution in [0.5, 0.6) is 5.75 Å². The molecule has 0 unspecified atom stereocenters. The molecule has 0 fully saturated rings. The van der Waals surface area contributed by atoms with Crippen molar-refractivity contribution < 1.29 is 9.31 Å². The van der Waals surface area contributed by atoms with E-state index in [0.29, 0.717) is 0 Å². The molecule has 0 amide bonds. The molecule has 3 heteroatoms. The van der Waals surface area contributed by atoms with Crippen molar-refractivity contribution in [1.82, 2.24) is 0 Å². The van der Waals surface area contributed by atoms with Crippen molar-refractivity contribution in [3.63, 3.8) is 0 Å². The minimum atomic E-state index is 0.163. The van der Waals surface area contributed by atoms with E-state index in [4.69, 9.17) is 4.74 Å². The van der Waals surface area contributed by atoms with Gasteiger partial charge in [0.05, 0.1) is 7.11 Å². The van der Waals surface area contributed by atoms with Crippen LogP contribution in [0.25, 0.3) is 0 Å². The molecule has 0 radical (unpaired) electrons. The van der Waals surface area contributed by atoms with Gasteiger partial charge in [0.25, 0.3) is 0 Å². The minimum Gasteiger partial charge on any atom is -0.497 e. The Morgan fingerprint density at radius 3 is 2.91 bits per heavy atom. The maximum Gasteiger partial charge on any atom is 0.238 e. The summed E-state index contributed by atoms with van der Waals surface area (Å²) < 4.78 is 8.05. The highest BCUT2D eigenvalue weighted by Crippen LogP contribution is 2.49. The summed E-state index contributed by atoms with van der Waals surface area (Å²) in [5, 5.41) is 1.48. The monoisotopic (exact) mass is 330 g/mol. The van der Waals surface area contributed by atoms with Gasteiger partial charge in [0.15, 0.2) is 0 Å². The van der Waals surface area contributed by atoms with Crippen LogP contribution in [0, 0.1) is 5.92 Å². The van der Waals surface area contributed by atoms with Crippen LogP contribution in [0.3, 0.4) is 0 Å². The molecule has 0 saturated carbocycles. The number of fused-ring (bicyclic) bond motifs is 1. The first-order chi connectivity index (χ1) is 11.1. The van der Waals surface area contributed by atoms with Crippen molar-refractivity contribution in [3.8, 4) is 5.75 Å². The van der Waals surface area contributed by atoms with Crippen LogP contribution >= 0.6 is 11.8 Å². The van der Waals surface area contributed by atoms with Crippen LogP contribution in [0.4, 0.5) is 0 Å². The lowest BCUT2D eigenvalue weighted by atomic mass is 9.62. The third kappa shape index (κ3) is 2.84. The molecular formula is C20H28NOS+. The van der Waals surface area contributed by atoms with Crippen molar-refractivity contribution in [1.29, 1.82) is 0 Å². The van der Waals surface area contributed by atoms with E-state index in [0.717, 1.165) is 24.8 Å². The zero-order valence-corrected chi connectivity index (χ0v) is 15.6. The molecule has 23 heavy (non-hydrogen) atoms. The summed E-state index contributed by atoms with van der Waals surface area (Å²) in [5.41, 5.74) is 3.15. The first kappa shape index (κ1) is 16.6. The second kappa shape index (κ2) is 6.72. The zero-order chi connectivity index (χ0) is 16.4. The number of thioether (sulfide) groups is 1. The third-order valence-corrected chi connectivity index (χ3v) is 6.33. The fourth-order valence-electron chi connectivity index (χ4n) is 4.31. The number of allylic oxidation sites excluding steroid dienone is 1. The van der Waals surface area contributed by atoms with Crippen LogP contribution in [0.1, 0.15) is 38.7 Å². The van der Waals surface area contributed by atoms with Crippen molar-refractivity contribution in [3.05, 3.63) is 41.5 Å². The van der Waals surface area contributed by atoms with Gasteiger partial charge in [-0.15, -0.1) is 0 Å². The van der Waals surface area contributed by atoms with E-state index < -0.39 is 0 Å². The third-order valence-electron chi connectivity index (χ3n) is 5.46. The SMILES string of the molecule is CC[N+]1=C(SC)C2=CC[C@H](C)C[C@@]2(c2cccc(OC)c2)CC1. The molecule has 0 spiro atoms. The van der Waals surface area contributed by atoms with E-state index in [-0.39, 0.29) is 5.41 Å². The molecule has 2 nitrogen and oxygen atoms in total. The number of benzene rings is 1. The topological polar surface area (TPSA) is 12.2 Å². The Morgan fingerprint density at radius 2 is 2.22 bits per heavy atom. The molecule has 1 heterocycles. The number of rotatable bonds is 3. The van der Waals surface area contributed by atoms with Crippen molar-refractivity contribution >= 4 is 16.8 Å². The van der Waals surface area contributed by atoms with Gasteiger partial charge in [-0.05, 0) is 49.6 Å². The van der Waals surface area contributed by atoms with Crippen LogP contribution < -0.4 is 4.74 Å². The Kier molecular flexibility index (Phi) is 4.86. The Morgan fingerprint density at radius 1 is 1.39 bits per heavy atom. The van der Waals surface area contributed by atoms with E-state index in [1.165, 1.54) is 29.9 Å². The molecule has 0 bridgehead atoms. The lowest BCUT2D eigenvalue weighted by Crippen LogP contribution is -2.45. The zero-order valence-electron chi connectivity index (χ0n) is 14.8. The first-order valence-corrected chi connectivity index (χ1v) is 9.88. The van der Waals surface area contributed by atoms with Gasteiger partial charge in [-0.3, -0.25) is 0 Å². The fraction of sp³-hybridized carbons (Fsp3) is 0.550. The van der Waals surface area contributed by atoms with Gasteiger partial charge < -0.3 is 4.74 Å². The number of nitrogens with zero attached hydrogens (tertiary/aromatic N) is 1.